The number of hydrazine groups is 1. The molecule has 2 rings (SSSR count). The summed E-state index contributed by atoms with van der Waals surface area (Å²) in [7, 11) is 1.59. The van der Waals surface area contributed by atoms with Crippen molar-refractivity contribution in [1.82, 2.24) is 16.2 Å². The number of hydrogen-bond donors (Lipinski definition) is 3. The van der Waals surface area contributed by atoms with E-state index < -0.39 is 5.91 Å². The minimum absolute atomic E-state index is 0.194. The Kier molecular flexibility index (Phi) is 4.79. The minimum Gasteiger partial charge on any atom is -0.497 e. The van der Waals surface area contributed by atoms with Crippen LogP contribution in [0.5, 0.6) is 5.75 Å². The van der Waals surface area contributed by atoms with Gasteiger partial charge in [0.1, 0.15) is 11.3 Å². The van der Waals surface area contributed by atoms with Crippen LogP contribution < -0.4 is 20.9 Å². The summed E-state index contributed by atoms with van der Waals surface area (Å²) in [6.45, 7) is 7.74. The summed E-state index contributed by atoms with van der Waals surface area (Å²) >= 11 is 5.12. The zero-order valence-corrected chi connectivity index (χ0v) is 14.7. The van der Waals surface area contributed by atoms with Crippen LogP contribution in [-0.4, -0.2) is 23.7 Å². The van der Waals surface area contributed by atoms with Gasteiger partial charge in [0.25, 0.3) is 0 Å². The summed E-state index contributed by atoms with van der Waals surface area (Å²) in [5.41, 5.74) is 6.38. The monoisotopic (exact) mass is 335 g/mol. The lowest BCUT2D eigenvalue weighted by atomic mass is 10.1. The van der Waals surface area contributed by atoms with Crippen molar-refractivity contribution in [3.05, 3.63) is 29.5 Å². The topological polar surface area (TPSA) is 75.5 Å². The van der Waals surface area contributed by atoms with Crippen molar-refractivity contribution in [2.45, 2.75) is 33.2 Å². The highest BCUT2D eigenvalue weighted by Gasteiger charge is 2.19. The van der Waals surface area contributed by atoms with Crippen LogP contribution in [0.1, 0.15) is 36.9 Å². The van der Waals surface area contributed by atoms with Gasteiger partial charge >= 0.3 is 5.91 Å². The fourth-order valence-corrected chi connectivity index (χ4v) is 2.44. The number of methoxy groups -OCH3 is 1. The number of benzene rings is 1. The molecule has 0 aliphatic heterocycles. The molecule has 0 radical (unpaired) electrons. The maximum atomic E-state index is 12.3. The summed E-state index contributed by atoms with van der Waals surface area (Å²) in [5.74, 6) is 0.553. The Bertz CT molecular complexity index is 747. The zero-order valence-electron chi connectivity index (χ0n) is 13.9. The summed E-state index contributed by atoms with van der Waals surface area (Å²) in [6, 6.07) is 5.40. The molecule has 1 aromatic carbocycles. The van der Waals surface area contributed by atoms with Gasteiger partial charge in [-0.15, -0.1) is 0 Å². The number of amides is 1. The second-order valence-corrected chi connectivity index (χ2v) is 6.61. The van der Waals surface area contributed by atoms with E-state index in [4.69, 9.17) is 21.4 Å². The van der Waals surface area contributed by atoms with Gasteiger partial charge in [0.2, 0.25) is 0 Å². The van der Waals surface area contributed by atoms with Gasteiger partial charge < -0.3 is 14.5 Å². The van der Waals surface area contributed by atoms with E-state index in [2.05, 4.69) is 16.2 Å². The Balaban J connectivity index is 2.12. The van der Waals surface area contributed by atoms with E-state index >= 15 is 0 Å². The summed E-state index contributed by atoms with van der Waals surface area (Å²) < 4.78 is 10.8. The molecule has 6 nitrogen and oxygen atoms in total. The van der Waals surface area contributed by atoms with Gasteiger partial charge in [-0.25, -0.2) is 0 Å². The van der Waals surface area contributed by atoms with Crippen LogP contribution in [0.15, 0.2) is 22.6 Å². The van der Waals surface area contributed by atoms with E-state index in [1.807, 2.05) is 33.8 Å². The minimum atomic E-state index is -0.393. The van der Waals surface area contributed by atoms with E-state index in [0.29, 0.717) is 16.4 Å². The Morgan fingerprint density at radius 2 is 1.96 bits per heavy atom. The number of thiocarbonyl (C=S) groups is 1. The molecule has 0 atom stereocenters. The maximum absolute atomic E-state index is 12.3. The molecule has 0 unspecified atom stereocenters. The van der Waals surface area contributed by atoms with Crippen molar-refractivity contribution >= 4 is 34.2 Å². The molecule has 0 saturated heterocycles. The SMILES string of the molecule is COc1ccc2oc(C(=O)NNC(=S)NC(C)(C)C)c(C)c2c1. The molecule has 7 heteroatoms. The number of carbonyl (C=O) groups excluding carboxylic acids is 1. The highest BCUT2D eigenvalue weighted by molar-refractivity contribution is 7.80. The average molecular weight is 335 g/mol. The van der Waals surface area contributed by atoms with Gasteiger partial charge in [0.05, 0.1) is 7.11 Å². The fourth-order valence-electron chi connectivity index (χ4n) is 2.09. The molecular formula is C16H21N3O3S. The first-order chi connectivity index (χ1) is 10.7. The molecule has 2 aromatic rings. The van der Waals surface area contributed by atoms with E-state index in [9.17, 15) is 4.79 Å². The maximum Gasteiger partial charge on any atom is 0.305 e. The molecule has 23 heavy (non-hydrogen) atoms. The third-order valence-electron chi connectivity index (χ3n) is 3.13. The normalized spacial score (nSPS) is 11.2. The first kappa shape index (κ1) is 17.1. The number of carbonyl (C=O) groups is 1. The molecule has 0 fully saturated rings. The molecule has 0 aliphatic carbocycles. The predicted octanol–water partition coefficient (Wildman–Crippen LogP) is 2.66. The van der Waals surface area contributed by atoms with Gasteiger partial charge in [-0.1, -0.05) is 0 Å². The van der Waals surface area contributed by atoms with E-state index in [-0.39, 0.29) is 11.3 Å². The third-order valence-corrected chi connectivity index (χ3v) is 3.33. The van der Waals surface area contributed by atoms with Crippen LogP contribution >= 0.6 is 12.2 Å². The van der Waals surface area contributed by atoms with Gasteiger partial charge in [-0.05, 0) is 58.1 Å². The van der Waals surface area contributed by atoms with Crippen molar-refractivity contribution < 1.29 is 13.9 Å². The van der Waals surface area contributed by atoms with Gasteiger partial charge in [-0.3, -0.25) is 15.6 Å². The second-order valence-electron chi connectivity index (χ2n) is 6.20. The second kappa shape index (κ2) is 6.45. The quantitative estimate of drug-likeness (QED) is 0.579. The van der Waals surface area contributed by atoms with Gasteiger partial charge in [0, 0.05) is 16.5 Å². The number of furan rings is 1. The molecule has 0 bridgehead atoms. The molecule has 3 N–H and O–H groups in total. The van der Waals surface area contributed by atoms with Crippen LogP contribution in [0.2, 0.25) is 0 Å². The number of nitrogens with one attached hydrogen (secondary N) is 3. The summed E-state index contributed by atoms with van der Waals surface area (Å²) in [5, 5.41) is 4.21. The molecule has 0 aliphatic rings. The number of ether oxygens (including phenoxy) is 1. The third kappa shape index (κ3) is 4.13. The molecule has 1 amide bonds. The van der Waals surface area contributed by atoms with Crippen molar-refractivity contribution in [3.8, 4) is 5.75 Å². The molecule has 1 heterocycles. The lowest BCUT2D eigenvalue weighted by Gasteiger charge is -2.22. The summed E-state index contributed by atoms with van der Waals surface area (Å²) in [6.07, 6.45) is 0. The number of aryl methyl sites for hydroxylation is 1. The fraction of sp³-hybridized carbons (Fsp3) is 0.375. The number of rotatable bonds is 2. The van der Waals surface area contributed by atoms with E-state index in [1.54, 1.807) is 19.2 Å². The Morgan fingerprint density at radius 3 is 2.57 bits per heavy atom. The van der Waals surface area contributed by atoms with Crippen molar-refractivity contribution in [1.29, 1.82) is 0 Å². The Labute approximate surface area is 140 Å². The molecule has 0 spiro atoms. The zero-order chi connectivity index (χ0) is 17.2. The molecule has 0 saturated carbocycles. The van der Waals surface area contributed by atoms with Crippen LogP contribution in [-0.2, 0) is 0 Å². The largest absolute Gasteiger partial charge is 0.497 e. The van der Waals surface area contributed by atoms with Crippen molar-refractivity contribution in [3.63, 3.8) is 0 Å². The van der Waals surface area contributed by atoms with E-state index in [0.717, 1.165) is 10.9 Å². The standard InChI is InChI=1S/C16H21N3O3S/c1-9-11-8-10(21-5)6-7-12(11)22-13(9)14(20)18-19-15(23)17-16(2,3)4/h6-8H,1-5H3,(H,18,20)(H2,17,19,23). The highest BCUT2D eigenvalue weighted by Crippen LogP contribution is 2.28. The molecule has 1 aromatic heterocycles. The number of fused-ring (bicyclic) bond motifs is 1. The number of hydrogen-bond acceptors (Lipinski definition) is 4. The lowest BCUT2D eigenvalue weighted by Crippen LogP contribution is -2.52. The average Bonchev–Trinajstić information content (AvgIpc) is 2.79. The van der Waals surface area contributed by atoms with Crippen LogP contribution in [0.25, 0.3) is 11.0 Å². The lowest BCUT2D eigenvalue weighted by molar-refractivity contribution is 0.0916. The van der Waals surface area contributed by atoms with E-state index in [1.165, 1.54) is 0 Å². The van der Waals surface area contributed by atoms with Gasteiger partial charge in [-0.2, -0.15) is 0 Å². The van der Waals surface area contributed by atoms with Gasteiger partial charge in [0.15, 0.2) is 10.9 Å². The smallest absolute Gasteiger partial charge is 0.305 e. The Morgan fingerprint density at radius 1 is 1.26 bits per heavy atom. The van der Waals surface area contributed by atoms with Crippen LogP contribution in [0.4, 0.5) is 0 Å². The highest BCUT2D eigenvalue weighted by atomic mass is 32.1. The van der Waals surface area contributed by atoms with Crippen LogP contribution in [0, 0.1) is 6.92 Å². The predicted molar refractivity (Wildman–Crippen MR) is 93.6 cm³/mol. The molecular weight excluding hydrogens is 314 g/mol. The van der Waals surface area contributed by atoms with Crippen molar-refractivity contribution in [2.24, 2.45) is 0 Å². The van der Waals surface area contributed by atoms with Crippen LogP contribution in [0.3, 0.4) is 0 Å². The first-order valence-corrected chi connectivity index (χ1v) is 7.58. The molecule has 124 valence electrons. The first-order valence-electron chi connectivity index (χ1n) is 7.17. The van der Waals surface area contributed by atoms with Crippen molar-refractivity contribution in [2.75, 3.05) is 7.11 Å². The summed E-state index contributed by atoms with van der Waals surface area (Å²) in [4.78, 5) is 12.3. The Hall–Kier alpha value is -2.28.